The van der Waals surface area contributed by atoms with Gasteiger partial charge >= 0.3 is 0 Å². The molecular formula is C18H19N5O2S. The number of nitrogens with zero attached hydrogens (tertiary/aromatic N) is 3. The molecule has 0 amide bonds. The average Bonchev–Trinajstić information content (AvgIpc) is 2.66. The molecule has 2 rings (SSSR count). The summed E-state index contributed by atoms with van der Waals surface area (Å²) in [6.45, 7) is 0.872. The molecule has 0 unspecified atom stereocenters. The van der Waals surface area contributed by atoms with Gasteiger partial charge in [-0.2, -0.15) is 10.5 Å². The molecule has 0 bridgehead atoms. The Kier molecular flexibility index (Phi) is 7.24. The van der Waals surface area contributed by atoms with E-state index in [2.05, 4.69) is 22.4 Å². The molecule has 0 fully saturated rings. The fourth-order valence-electron chi connectivity index (χ4n) is 2.32. The third kappa shape index (κ3) is 4.44. The van der Waals surface area contributed by atoms with Gasteiger partial charge in [0.15, 0.2) is 0 Å². The average molecular weight is 369 g/mol. The normalized spacial score (nSPS) is 10.2. The van der Waals surface area contributed by atoms with Crippen molar-refractivity contribution in [3.63, 3.8) is 0 Å². The Morgan fingerprint density at radius 3 is 2.50 bits per heavy atom. The lowest BCUT2D eigenvalue weighted by Gasteiger charge is -2.13. The number of nitrogens with one attached hydrogen (secondary N) is 1. The summed E-state index contributed by atoms with van der Waals surface area (Å²) in [4.78, 5) is 4.25. The molecule has 26 heavy (non-hydrogen) atoms. The van der Waals surface area contributed by atoms with Crippen LogP contribution in [0.3, 0.4) is 0 Å². The van der Waals surface area contributed by atoms with Crippen LogP contribution in [0.15, 0.2) is 29.3 Å². The van der Waals surface area contributed by atoms with Gasteiger partial charge in [0, 0.05) is 17.9 Å². The molecule has 1 aromatic carbocycles. The Bertz CT molecular complexity index is 841. The smallest absolute Gasteiger partial charge is 0.143 e. The lowest BCUT2D eigenvalue weighted by Crippen LogP contribution is -2.10. The highest BCUT2D eigenvalue weighted by Crippen LogP contribution is 2.36. The Morgan fingerprint density at radius 2 is 1.92 bits per heavy atom. The fraction of sp³-hybridized carbons (Fsp3) is 0.278. The first-order valence-electron chi connectivity index (χ1n) is 7.91. The summed E-state index contributed by atoms with van der Waals surface area (Å²) in [7, 11) is 1.85. The number of rotatable bonds is 8. The zero-order valence-electron chi connectivity index (χ0n) is 14.3. The fourth-order valence-corrected chi connectivity index (χ4v) is 3.28. The first-order valence-corrected chi connectivity index (χ1v) is 8.90. The molecule has 1 heterocycles. The van der Waals surface area contributed by atoms with Crippen LogP contribution >= 0.6 is 11.8 Å². The topological polar surface area (TPSA) is 128 Å². The summed E-state index contributed by atoms with van der Waals surface area (Å²) in [6.07, 6.45) is 0. The van der Waals surface area contributed by atoms with Crippen LogP contribution < -0.4 is 15.8 Å². The van der Waals surface area contributed by atoms with E-state index in [0.29, 0.717) is 27.5 Å². The van der Waals surface area contributed by atoms with Crippen LogP contribution in [0.25, 0.3) is 11.1 Å². The van der Waals surface area contributed by atoms with E-state index in [4.69, 9.17) is 15.6 Å². The third-order valence-corrected chi connectivity index (χ3v) is 4.49. The maximum Gasteiger partial charge on any atom is 0.143 e. The molecule has 7 nitrogen and oxygen atoms in total. The molecular weight excluding hydrogens is 350 g/mol. The lowest BCUT2D eigenvalue weighted by molar-refractivity contribution is 0.201. The first kappa shape index (κ1) is 19.5. The van der Waals surface area contributed by atoms with Gasteiger partial charge in [-0.3, -0.25) is 0 Å². The SMILES string of the molecule is CNCCSc1nc(N)c(C#N)c(-c2ccc(OCCO)cc2)c1C#N. The molecule has 2 aromatic rings. The predicted molar refractivity (Wildman–Crippen MR) is 101 cm³/mol. The maximum absolute atomic E-state index is 9.68. The van der Waals surface area contributed by atoms with Crippen molar-refractivity contribution < 1.29 is 9.84 Å². The largest absolute Gasteiger partial charge is 0.491 e. The summed E-state index contributed by atoms with van der Waals surface area (Å²) in [5, 5.41) is 31.6. The molecule has 4 N–H and O–H groups in total. The van der Waals surface area contributed by atoms with Crippen LogP contribution in [-0.2, 0) is 0 Å². The number of aliphatic hydroxyl groups is 1. The van der Waals surface area contributed by atoms with Gasteiger partial charge in [-0.05, 0) is 24.7 Å². The Hall–Kier alpha value is -2.78. The maximum atomic E-state index is 9.68. The van der Waals surface area contributed by atoms with E-state index in [1.807, 2.05) is 7.05 Å². The molecule has 134 valence electrons. The van der Waals surface area contributed by atoms with Crippen molar-refractivity contribution >= 4 is 17.6 Å². The Balaban J connectivity index is 2.51. The number of hydrogen-bond acceptors (Lipinski definition) is 8. The van der Waals surface area contributed by atoms with E-state index in [9.17, 15) is 10.5 Å². The van der Waals surface area contributed by atoms with Crippen molar-refractivity contribution in [2.24, 2.45) is 0 Å². The molecule has 0 saturated carbocycles. The highest BCUT2D eigenvalue weighted by atomic mass is 32.2. The number of thioether (sulfide) groups is 1. The summed E-state index contributed by atoms with van der Waals surface area (Å²) < 4.78 is 5.34. The van der Waals surface area contributed by atoms with Crippen LogP contribution in [0.1, 0.15) is 11.1 Å². The molecule has 0 aliphatic carbocycles. The van der Waals surface area contributed by atoms with Gasteiger partial charge in [-0.25, -0.2) is 4.98 Å². The summed E-state index contributed by atoms with van der Waals surface area (Å²) in [5.74, 6) is 1.41. The van der Waals surface area contributed by atoms with Crippen LogP contribution in [-0.4, -0.2) is 42.6 Å². The van der Waals surface area contributed by atoms with Crippen molar-refractivity contribution in [1.82, 2.24) is 10.3 Å². The van der Waals surface area contributed by atoms with Gasteiger partial charge < -0.3 is 20.9 Å². The number of aliphatic hydroxyl groups excluding tert-OH is 1. The zero-order valence-corrected chi connectivity index (χ0v) is 15.1. The Morgan fingerprint density at radius 1 is 1.23 bits per heavy atom. The first-order chi connectivity index (χ1) is 12.7. The molecule has 0 radical (unpaired) electrons. The van der Waals surface area contributed by atoms with E-state index < -0.39 is 0 Å². The minimum Gasteiger partial charge on any atom is -0.491 e. The second-order valence-electron chi connectivity index (χ2n) is 5.20. The number of benzene rings is 1. The van der Waals surface area contributed by atoms with Crippen LogP contribution in [0.4, 0.5) is 5.82 Å². The zero-order chi connectivity index (χ0) is 18.9. The minimum atomic E-state index is -0.0764. The van der Waals surface area contributed by atoms with E-state index >= 15 is 0 Å². The van der Waals surface area contributed by atoms with E-state index in [0.717, 1.165) is 12.3 Å². The van der Waals surface area contributed by atoms with Crippen molar-refractivity contribution in [2.75, 3.05) is 38.3 Å². The Labute approximate surface area is 156 Å². The van der Waals surface area contributed by atoms with Gasteiger partial charge in [0.2, 0.25) is 0 Å². The standard InChI is InChI=1S/C18H19N5O2S/c1-22-6-9-26-18-15(11-20)16(14(10-19)17(21)23-18)12-2-4-13(5-3-12)25-8-7-24/h2-5,22,24H,6-9H2,1H3,(H2,21,23). The second kappa shape index (κ2) is 9.64. The summed E-state index contributed by atoms with van der Waals surface area (Å²) >= 11 is 1.41. The second-order valence-corrected chi connectivity index (χ2v) is 6.28. The number of pyridine rings is 1. The molecule has 0 saturated heterocycles. The van der Waals surface area contributed by atoms with Crippen LogP contribution in [0.2, 0.25) is 0 Å². The van der Waals surface area contributed by atoms with E-state index in [1.54, 1.807) is 24.3 Å². The monoisotopic (exact) mass is 369 g/mol. The summed E-state index contributed by atoms with van der Waals surface area (Å²) in [5.41, 5.74) is 7.64. The van der Waals surface area contributed by atoms with Crippen molar-refractivity contribution in [3.8, 4) is 29.0 Å². The molecule has 8 heteroatoms. The van der Waals surface area contributed by atoms with Gasteiger partial charge in [-0.1, -0.05) is 12.1 Å². The molecule has 0 aliphatic heterocycles. The quantitative estimate of drug-likeness (QED) is 0.474. The molecule has 0 aliphatic rings. The highest BCUT2D eigenvalue weighted by molar-refractivity contribution is 7.99. The third-order valence-electron chi connectivity index (χ3n) is 3.51. The number of nitriles is 2. The van der Waals surface area contributed by atoms with Gasteiger partial charge in [-0.15, -0.1) is 11.8 Å². The number of aromatic nitrogens is 1. The predicted octanol–water partition coefficient (Wildman–Crippen LogP) is 1.76. The van der Waals surface area contributed by atoms with Gasteiger partial charge in [0.1, 0.15) is 40.9 Å². The minimum absolute atomic E-state index is 0.0764. The van der Waals surface area contributed by atoms with Crippen LogP contribution in [0.5, 0.6) is 5.75 Å². The number of nitrogen functional groups attached to an aromatic ring is 1. The van der Waals surface area contributed by atoms with Gasteiger partial charge in [0.25, 0.3) is 0 Å². The molecule has 1 aromatic heterocycles. The van der Waals surface area contributed by atoms with Gasteiger partial charge in [0.05, 0.1) is 12.2 Å². The molecule has 0 atom stereocenters. The van der Waals surface area contributed by atoms with E-state index in [-0.39, 0.29) is 24.6 Å². The number of hydrogen-bond donors (Lipinski definition) is 3. The van der Waals surface area contributed by atoms with Crippen molar-refractivity contribution in [3.05, 3.63) is 35.4 Å². The number of nitrogens with two attached hydrogens (primary N) is 1. The molecule has 0 spiro atoms. The number of ether oxygens (including phenoxy) is 1. The van der Waals surface area contributed by atoms with Crippen molar-refractivity contribution in [1.29, 1.82) is 10.5 Å². The number of anilines is 1. The highest BCUT2D eigenvalue weighted by Gasteiger charge is 2.20. The lowest BCUT2D eigenvalue weighted by atomic mass is 9.97. The van der Waals surface area contributed by atoms with E-state index in [1.165, 1.54) is 11.8 Å². The summed E-state index contributed by atoms with van der Waals surface area (Å²) in [6, 6.07) is 11.2. The van der Waals surface area contributed by atoms with Crippen LogP contribution in [0, 0.1) is 22.7 Å². The van der Waals surface area contributed by atoms with Crippen molar-refractivity contribution in [2.45, 2.75) is 5.03 Å².